The molecule has 2 heterocycles. The first-order valence-electron chi connectivity index (χ1n) is 6.70. The van der Waals surface area contributed by atoms with Crippen molar-refractivity contribution in [3.63, 3.8) is 0 Å². The standard InChI is InChI=1S/C16H17N3O/c1-10(2)19-14-6-7-17-9-13(14)18-16(19)12-4-5-15(20)11(3)8-12/h4-10,20H,1-3H3. The molecule has 3 rings (SSSR count). The molecule has 4 nitrogen and oxygen atoms in total. The van der Waals surface area contributed by atoms with Crippen molar-refractivity contribution < 1.29 is 5.11 Å². The van der Waals surface area contributed by atoms with Gasteiger partial charge in [-0.25, -0.2) is 4.98 Å². The number of nitrogens with zero attached hydrogens (tertiary/aromatic N) is 3. The summed E-state index contributed by atoms with van der Waals surface area (Å²) in [4.78, 5) is 8.83. The number of fused-ring (bicyclic) bond motifs is 1. The maximum Gasteiger partial charge on any atom is 0.141 e. The maximum absolute atomic E-state index is 9.67. The number of benzene rings is 1. The highest BCUT2D eigenvalue weighted by molar-refractivity contribution is 5.80. The summed E-state index contributed by atoms with van der Waals surface area (Å²) < 4.78 is 2.20. The predicted molar refractivity (Wildman–Crippen MR) is 79.8 cm³/mol. The number of rotatable bonds is 2. The normalized spacial score (nSPS) is 11.4. The summed E-state index contributed by atoms with van der Waals surface area (Å²) in [7, 11) is 0. The molecule has 0 aliphatic heterocycles. The lowest BCUT2D eigenvalue weighted by molar-refractivity contribution is 0.471. The Morgan fingerprint density at radius 1 is 1.20 bits per heavy atom. The lowest BCUT2D eigenvalue weighted by Crippen LogP contribution is -2.03. The quantitative estimate of drug-likeness (QED) is 0.770. The molecular weight excluding hydrogens is 250 g/mol. The number of pyridine rings is 1. The van der Waals surface area contributed by atoms with Crippen LogP contribution in [0.2, 0.25) is 0 Å². The van der Waals surface area contributed by atoms with E-state index in [1.54, 1.807) is 18.5 Å². The van der Waals surface area contributed by atoms with Crippen molar-refractivity contribution in [3.05, 3.63) is 42.2 Å². The van der Waals surface area contributed by atoms with E-state index in [2.05, 4.69) is 23.4 Å². The summed E-state index contributed by atoms with van der Waals surface area (Å²) >= 11 is 0. The summed E-state index contributed by atoms with van der Waals surface area (Å²) in [5, 5.41) is 9.67. The fourth-order valence-electron chi connectivity index (χ4n) is 2.47. The lowest BCUT2D eigenvalue weighted by atomic mass is 10.1. The van der Waals surface area contributed by atoms with E-state index in [1.165, 1.54) is 0 Å². The summed E-state index contributed by atoms with van der Waals surface area (Å²) in [6.45, 7) is 6.17. The highest BCUT2D eigenvalue weighted by Crippen LogP contribution is 2.30. The Morgan fingerprint density at radius 2 is 2.00 bits per heavy atom. The third kappa shape index (κ3) is 1.93. The molecule has 2 aromatic heterocycles. The van der Waals surface area contributed by atoms with Crippen LogP contribution in [0.25, 0.3) is 22.4 Å². The van der Waals surface area contributed by atoms with Crippen molar-refractivity contribution >= 4 is 11.0 Å². The first kappa shape index (κ1) is 12.7. The van der Waals surface area contributed by atoms with Gasteiger partial charge < -0.3 is 9.67 Å². The zero-order chi connectivity index (χ0) is 14.3. The second-order valence-electron chi connectivity index (χ2n) is 5.26. The van der Waals surface area contributed by atoms with Crippen molar-refractivity contribution in [1.82, 2.24) is 14.5 Å². The van der Waals surface area contributed by atoms with Gasteiger partial charge in [-0.2, -0.15) is 0 Å². The third-order valence-electron chi connectivity index (χ3n) is 3.46. The van der Waals surface area contributed by atoms with Crippen LogP contribution < -0.4 is 0 Å². The Balaban J connectivity index is 2.29. The molecule has 0 amide bonds. The average Bonchev–Trinajstić information content (AvgIpc) is 2.81. The van der Waals surface area contributed by atoms with Crippen LogP contribution in [-0.2, 0) is 0 Å². The lowest BCUT2D eigenvalue weighted by Gasteiger charge is -2.13. The first-order chi connectivity index (χ1) is 9.58. The van der Waals surface area contributed by atoms with Gasteiger partial charge in [0.05, 0.1) is 11.7 Å². The Morgan fingerprint density at radius 3 is 2.70 bits per heavy atom. The van der Waals surface area contributed by atoms with Crippen LogP contribution >= 0.6 is 0 Å². The Hall–Kier alpha value is -2.36. The van der Waals surface area contributed by atoms with E-state index in [9.17, 15) is 5.11 Å². The summed E-state index contributed by atoms with van der Waals surface area (Å²) in [6, 6.07) is 7.86. The number of hydrogen-bond donors (Lipinski definition) is 1. The zero-order valence-electron chi connectivity index (χ0n) is 11.8. The number of aromatic hydroxyl groups is 1. The van der Waals surface area contributed by atoms with Gasteiger partial charge >= 0.3 is 0 Å². The van der Waals surface area contributed by atoms with Crippen molar-refractivity contribution in [3.8, 4) is 17.1 Å². The minimum absolute atomic E-state index is 0.298. The van der Waals surface area contributed by atoms with Crippen LogP contribution in [0, 0.1) is 6.92 Å². The van der Waals surface area contributed by atoms with Gasteiger partial charge in [0.15, 0.2) is 0 Å². The van der Waals surface area contributed by atoms with Gasteiger partial charge in [0.25, 0.3) is 0 Å². The molecule has 0 saturated carbocycles. The molecule has 0 spiro atoms. The summed E-state index contributed by atoms with van der Waals surface area (Å²) in [6.07, 6.45) is 3.57. The van der Waals surface area contributed by atoms with E-state index >= 15 is 0 Å². The molecule has 0 unspecified atom stereocenters. The first-order valence-corrected chi connectivity index (χ1v) is 6.70. The van der Waals surface area contributed by atoms with Crippen molar-refractivity contribution in [2.45, 2.75) is 26.8 Å². The SMILES string of the molecule is Cc1cc(-c2nc3cnccc3n2C(C)C)ccc1O. The second-order valence-corrected chi connectivity index (χ2v) is 5.26. The van der Waals surface area contributed by atoms with E-state index in [0.29, 0.717) is 11.8 Å². The molecule has 0 aliphatic rings. The molecule has 1 aromatic carbocycles. The monoisotopic (exact) mass is 267 g/mol. The van der Waals surface area contributed by atoms with Gasteiger partial charge in [-0.3, -0.25) is 4.98 Å². The van der Waals surface area contributed by atoms with Crippen LogP contribution in [0.1, 0.15) is 25.5 Å². The molecule has 0 fully saturated rings. The highest BCUT2D eigenvalue weighted by Gasteiger charge is 2.15. The molecule has 0 saturated heterocycles. The van der Waals surface area contributed by atoms with Gasteiger partial charge in [0.2, 0.25) is 0 Å². The number of imidazole rings is 1. The fourth-order valence-corrected chi connectivity index (χ4v) is 2.47. The molecule has 1 N–H and O–H groups in total. The zero-order valence-corrected chi connectivity index (χ0v) is 11.8. The smallest absolute Gasteiger partial charge is 0.141 e. The molecule has 102 valence electrons. The molecule has 4 heteroatoms. The van der Waals surface area contributed by atoms with Gasteiger partial charge in [0.1, 0.15) is 17.1 Å². The molecule has 0 radical (unpaired) electrons. The van der Waals surface area contributed by atoms with Gasteiger partial charge in [-0.05, 0) is 50.6 Å². The molecule has 0 aliphatic carbocycles. The number of hydrogen-bond acceptors (Lipinski definition) is 3. The van der Waals surface area contributed by atoms with E-state index in [-0.39, 0.29) is 0 Å². The van der Waals surface area contributed by atoms with Crippen LogP contribution in [0.5, 0.6) is 5.75 Å². The van der Waals surface area contributed by atoms with Crippen LogP contribution in [0.15, 0.2) is 36.7 Å². The van der Waals surface area contributed by atoms with E-state index in [0.717, 1.165) is 28.0 Å². The maximum atomic E-state index is 9.67. The molecule has 3 aromatic rings. The fraction of sp³-hybridized carbons (Fsp3) is 0.250. The van der Waals surface area contributed by atoms with E-state index < -0.39 is 0 Å². The second kappa shape index (κ2) is 4.63. The molecule has 0 bridgehead atoms. The van der Waals surface area contributed by atoms with Crippen LogP contribution in [0.3, 0.4) is 0 Å². The van der Waals surface area contributed by atoms with Crippen molar-refractivity contribution in [2.24, 2.45) is 0 Å². The highest BCUT2D eigenvalue weighted by atomic mass is 16.3. The van der Waals surface area contributed by atoms with Gasteiger partial charge in [0, 0.05) is 17.8 Å². The minimum atomic E-state index is 0.298. The predicted octanol–water partition coefficient (Wildman–Crippen LogP) is 3.69. The topological polar surface area (TPSA) is 50.9 Å². The summed E-state index contributed by atoms with van der Waals surface area (Å²) in [5.74, 6) is 1.22. The Kier molecular flexibility index (Phi) is 2.93. The number of aryl methyl sites for hydroxylation is 1. The summed E-state index contributed by atoms with van der Waals surface area (Å²) in [5.41, 5.74) is 3.82. The average molecular weight is 267 g/mol. The van der Waals surface area contributed by atoms with Gasteiger partial charge in [-0.15, -0.1) is 0 Å². The Bertz CT molecular complexity index is 774. The Labute approximate surface area is 117 Å². The largest absolute Gasteiger partial charge is 0.508 e. The van der Waals surface area contributed by atoms with Crippen molar-refractivity contribution in [2.75, 3.05) is 0 Å². The van der Waals surface area contributed by atoms with Crippen molar-refractivity contribution in [1.29, 1.82) is 0 Å². The van der Waals surface area contributed by atoms with E-state index in [4.69, 9.17) is 4.98 Å². The molecular formula is C16H17N3O. The minimum Gasteiger partial charge on any atom is -0.508 e. The van der Waals surface area contributed by atoms with Crippen LogP contribution in [0.4, 0.5) is 0 Å². The van der Waals surface area contributed by atoms with Gasteiger partial charge in [-0.1, -0.05) is 0 Å². The molecule has 0 atom stereocenters. The third-order valence-corrected chi connectivity index (χ3v) is 3.46. The number of phenols is 1. The number of phenolic OH excluding ortho intramolecular Hbond substituents is 1. The number of aromatic nitrogens is 3. The van der Waals surface area contributed by atoms with Crippen LogP contribution in [-0.4, -0.2) is 19.6 Å². The van der Waals surface area contributed by atoms with E-state index in [1.807, 2.05) is 25.1 Å². The molecule has 20 heavy (non-hydrogen) atoms.